The van der Waals surface area contributed by atoms with Crippen LogP contribution in [-0.2, 0) is 50.6 Å². The first-order chi connectivity index (χ1) is 22.1. The van der Waals surface area contributed by atoms with Crippen LogP contribution in [0.2, 0.25) is 0 Å². The first-order valence-corrected chi connectivity index (χ1v) is 17.5. The maximum atomic E-state index is 13.9. The standard InChI is InChI=1S/C33H44N4O9S/c1-6-28(38)45-23(2)46-31(41)35-32(3,4)30(40)34-26(21-44-20-24-12-8-7-9-13-24)29(39)36-18-16-33(17-19-36)22-37(47(5,42)43)27-15-11-10-14-25(27)33/h7-15,23,26H,6,16-22H2,1-5H3,(H,34,40)(H,35,41)/t23?,26-/m1/s1. The summed E-state index contributed by atoms with van der Waals surface area (Å²) in [6.45, 7) is 6.97. The molecule has 2 N–H and O–H groups in total. The lowest BCUT2D eigenvalue weighted by Gasteiger charge is -2.41. The van der Waals surface area contributed by atoms with Gasteiger partial charge in [0, 0.05) is 38.4 Å². The summed E-state index contributed by atoms with van der Waals surface area (Å²) >= 11 is 0. The fourth-order valence-corrected chi connectivity index (χ4v) is 6.85. The van der Waals surface area contributed by atoms with Crippen LogP contribution in [0.1, 0.15) is 58.1 Å². The van der Waals surface area contributed by atoms with Crippen molar-refractivity contribution in [3.8, 4) is 0 Å². The maximum Gasteiger partial charge on any atom is 0.411 e. The van der Waals surface area contributed by atoms with Crippen molar-refractivity contribution in [3.63, 3.8) is 0 Å². The van der Waals surface area contributed by atoms with Crippen molar-refractivity contribution in [2.75, 3.05) is 36.8 Å². The van der Waals surface area contributed by atoms with E-state index >= 15 is 0 Å². The normalized spacial score (nSPS) is 17.0. The minimum absolute atomic E-state index is 0.107. The molecule has 256 valence electrons. The summed E-state index contributed by atoms with van der Waals surface area (Å²) in [6.07, 6.45) is 0.226. The fourth-order valence-electron chi connectivity index (χ4n) is 5.85. The number of alkyl carbamates (subject to hydrolysis) is 1. The van der Waals surface area contributed by atoms with Gasteiger partial charge in [-0.25, -0.2) is 13.2 Å². The average molecular weight is 673 g/mol. The summed E-state index contributed by atoms with van der Waals surface area (Å²) < 4.78 is 42.5. The molecule has 47 heavy (non-hydrogen) atoms. The van der Waals surface area contributed by atoms with Crippen molar-refractivity contribution < 1.29 is 41.8 Å². The van der Waals surface area contributed by atoms with E-state index in [1.54, 1.807) is 11.8 Å². The predicted molar refractivity (Wildman–Crippen MR) is 174 cm³/mol. The molecular weight excluding hydrogens is 628 g/mol. The van der Waals surface area contributed by atoms with Gasteiger partial charge in [-0.05, 0) is 43.9 Å². The zero-order valence-electron chi connectivity index (χ0n) is 27.5. The Morgan fingerprint density at radius 2 is 1.62 bits per heavy atom. The smallest absolute Gasteiger partial charge is 0.411 e. The van der Waals surface area contributed by atoms with E-state index in [0.717, 1.165) is 11.1 Å². The number of ether oxygens (including phenoxy) is 3. The van der Waals surface area contributed by atoms with E-state index in [2.05, 4.69) is 10.6 Å². The number of anilines is 1. The van der Waals surface area contributed by atoms with E-state index in [0.29, 0.717) is 38.2 Å². The lowest BCUT2D eigenvalue weighted by Crippen LogP contribution is -2.61. The highest BCUT2D eigenvalue weighted by molar-refractivity contribution is 7.92. The van der Waals surface area contributed by atoms with E-state index in [9.17, 15) is 27.6 Å². The molecule has 0 aliphatic carbocycles. The number of para-hydroxylation sites is 1. The van der Waals surface area contributed by atoms with Crippen LogP contribution < -0.4 is 14.9 Å². The van der Waals surface area contributed by atoms with Gasteiger partial charge in [0.05, 0.1) is 25.2 Å². The van der Waals surface area contributed by atoms with E-state index in [1.165, 1.54) is 31.3 Å². The molecule has 2 aromatic carbocycles. The highest BCUT2D eigenvalue weighted by atomic mass is 32.2. The number of esters is 1. The summed E-state index contributed by atoms with van der Waals surface area (Å²) in [4.78, 5) is 53.0. The second-order valence-corrected chi connectivity index (χ2v) is 14.4. The monoisotopic (exact) mass is 672 g/mol. The Morgan fingerprint density at radius 3 is 2.26 bits per heavy atom. The molecule has 0 radical (unpaired) electrons. The molecule has 2 aliphatic heterocycles. The quantitative estimate of drug-likeness (QED) is 0.255. The van der Waals surface area contributed by atoms with Crippen LogP contribution in [-0.4, -0.2) is 87.6 Å². The number of hydrogen-bond acceptors (Lipinski definition) is 9. The lowest BCUT2D eigenvalue weighted by atomic mass is 9.74. The molecule has 2 aliphatic rings. The molecule has 0 bridgehead atoms. The number of fused-ring (bicyclic) bond motifs is 2. The number of nitrogens with zero attached hydrogens (tertiary/aromatic N) is 2. The Morgan fingerprint density at radius 1 is 0.979 bits per heavy atom. The van der Waals surface area contributed by atoms with Crippen LogP contribution in [0.4, 0.5) is 10.5 Å². The zero-order valence-corrected chi connectivity index (χ0v) is 28.3. The molecule has 1 fully saturated rings. The summed E-state index contributed by atoms with van der Waals surface area (Å²) in [5, 5.41) is 5.20. The van der Waals surface area contributed by atoms with Crippen molar-refractivity contribution in [2.24, 2.45) is 0 Å². The first kappa shape index (κ1) is 35.7. The van der Waals surface area contributed by atoms with Gasteiger partial charge in [-0.1, -0.05) is 55.5 Å². The van der Waals surface area contributed by atoms with E-state index in [4.69, 9.17) is 14.2 Å². The Labute approximate surface area is 276 Å². The van der Waals surface area contributed by atoms with Crippen molar-refractivity contribution in [1.29, 1.82) is 0 Å². The number of carbonyl (C=O) groups excluding carboxylic acids is 4. The minimum atomic E-state index is -3.49. The van der Waals surface area contributed by atoms with Crippen LogP contribution in [0.15, 0.2) is 54.6 Å². The van der Waals surface area contributed by atoms with Gasteiger partial charge in [0.2, 0.25) is 28.1 Å². The molecule has 1 saturated heterocycles. The van der Waals surface area contributed by atoms with Gasteiger partial charge in [-0.3, -0.25) is 18.7 Å². The minimum Gasteiger partial charge on any atom is -0.425 e. The lowest BCUT2D eigenvalue weighted by molar-refractivity contribution is -0.164. The van der Waals surface area contributed by atoms with Crippen molar-refractivity contribution in [2.45, 2.75) is 76.9 Å². The molecule has 13 nitrogen and oxygen atoms in total. The highest BCUT2D eigenvalue weighted by Gasteiger charge is 2.48. The third-order valence-corrected chi connectivity index (χ3v) is 9.59. The molecule has 3 amide bonds. The van der Waals surface area contributed by atoms with Crippen molar-refractivity contribution >= 4 is 39.6 Å². The van der Waals surface area contributed by atoms with Gasteiger partial charge in [-0.15, -0.1) is 0 Å². The largest absolute Gasteiger partial charge is 0.425 e. The second kappa shape index (κ2) is 14.7. The first-order valence-electron chi connectivity index (χ1n) is 15.6. The molecule has 1 spiro atoms. The molecule has 2 heterocycles. The average Bonchev–Trinajstić information content (AvgIpc) is 3.35. The van der Waals surface area contributed by atoms with E-state index < -0.39 is 51.3 Å². The number of sulfonamides is 1. The van der Waals surface area contributed by atoms with Gasteiger partial charge in [0.1, 0.15) is 11.6 Å². The number of benzene rings is 2. The number of likely N-dealkylation sites (tertiary alicyclic amines) is 1. The Kier molecular flexibility index (Phi) is 11.2. The van der Waals surface area contributed by atoms with Gasteiger partial charge in [-0.2, -0.15) is 0 Å². The van der Waals surface area contributed by atoms with Gasteiger partial charge in [0.15, 0.2) is 0 Å². The number of rotatable bonds is 12. The zero-order chi connectivity index (χ0) is 34.4. The summed E-state index contributed by atoms with van der Waals surface area (Å²) in [6, 6.07) is 15.8. The van der Waals surface area contributed by atoms with Gasteiger partial charge in [0.25, 0.3) is 0 Å². The van der Waals surface area contributed by atoms with Gasteiger partial charge < -0.3 is 29.7 Å². The predicted octanol–water partition coefficient (Wildman–Crippen LogP) is 2.83. The number of nitrogens with one attached hydrogen (secondary N) is 2. The summed E-state index contributed by atoms with van der Waals surface area (Å²) in [5.74, 6) is -1.56. The fraction of sp³-hybridized carbons (Fsp3) is 0.515. The van der Waals surface area contributed by atoms with E-state index in [1.807, 2.05) is 54.6 Å². The van der Waals surface area contributed by atoms with Crippen molar-refractivity contribution in [3.05, 3.63) is 65.7 Å². The topological polar surface area (TPSA) is 161 Å². The maximum absolute atomic E-state index is 13.9. The second-order valence-electron chi connectivity index (χ2n) is 12.5. The van der Waals surface area contributed by atoms with Crippen LogP contribution in [0.3, 0.4) is 0 Å². The number of amides is 3. The molecule has 1 unspecified atom stereocenters. The molecule has 2 aromatic rings. The molecular formula is C33H44N4O9S. The molecule has 0 aromatic heterocycles. The van der Waals surface area contributed by atoms with Crippen LogP contribution in [0.25, 0.3) is 0 Å². The van der Waals surface area contributed by atoms with Crippen molar-refractivity contribution in [1.82, 2.24) is 15.5 Å². The molecule has 14 heteroatoms. The molecule has 4 rings (SSSR count). The third-order valence-electron chi connectivity index (χ3n) is 8.46. The van der Waals surface area contributed by atoms with Gasteiger partial charge >= 0.3 is 12.1 Å². The number of piperidine rings is 1. The number of hydrogen-bond donors (Lipinski definition) is 2. The summed E-state index contributed by atoms with van der Waals surface area (Å²) in [5.41, 5.74) is 0.557. The Balaban J connectivity index is 1.44. The van der Waals surface area contributed by atoms with Crippen LogP contribution in [0.5, 0.6) is 0 Å². The number of carbonyl (C=O) groups is 4. The Hall–Kier alpha value is -4.17. The van der Waals surface area contributed by atoms with E-state index in [-0.39, 0.29) is 25.5 Å². The molecule has 0 saturated carbocycles. The SMILES string of the molecule is CCC(=O)OC(C)OC(=O)NC(C)(C)C(=O)N[C@H](COCc1ccccc1)C(=O)N1CCC2(CC1)CN(S(C)(=O)=O)c1ccccc12. The van der Waals surface area contributed by atoms with Crippen LogP contribution in [0, 0.1) is 0 Å². The molecule has 2 atom stereocenters. The summed E-state index contributed by atoms with van der Waals surface area (Å²) in [7, 11) is -3.49. The highest BCUT2D eigenvalue weighted by Crippen LogP contribution is 2.47. The van der Waals surface area contributed by atoms with Crippen LogP contribution >= 0.6 is 0 Å². The Bertz CT molecular complexity index is 1560. The third kappa shape index (κ3) is 8.80.